The molecule has 244 valence electrons. The monoisotopic (exact) mass is 624 g/mol. The molecule has 13 heteroatoms. The Morgan fingerprint density at radius 2 is 1.82 bits per heavy atom. The molecular weight excluding hydrogens is 583 g/mol. The third-order valence-electron chi connectivity index (χ3n) is 11.6. The van der Waals surface area contributed by atoms with Gasteiger partial charge >= 0.3 is 5.97 Å². The van der Waals surface area contributed by atoms with Gasteiger partial charge in [0.05, 0.1) is 12.2 Å². The zero-order chi connectivity index (χ0) is 32.0. The fourth-order valence-corrected chi connectivity index (χ4v) is 9.35. The second-order valence-corrected chi connectivity index (χ2v) is 13.7. The minimum absolute atomic E-state index is 0.145. The molecule has 6 rings (SSSR count). The number of alkyl halides is 1. The Kier molecular flexibility index (Phi) is 7.77. The maximum Gasteiger partial charge on any atom is 0.335 e. The summed E-state index contributed by atoms with van der Waals surface area (Å²) in [6.45, 7) is 4.70. The van der Waals surface area contributed by atoms with Crippen molar-refractivity contribution >= 4 is 17.5 Å². The van der Waals surface area contributed by atoms with Crippen LogP contribution in [0.25, 0.3) is 0 Å². The number of carbonyl (C=O) groups is 3. The van der Waals surface area contributed by atoms with Crippen LogP contribution in [0.15, 0.2) is 23.8 Å². The highest BCUT2D eigenvalue weighted by atomic mass is 19.1. The van der Waals surface area contributed by atoms with Gasteiger partial charge in [0.25, 0.3) is 0 Å². The van der Waals surface area contributed by atoms with E-state index in [2.05, 4.69) is 0 Å². The van der Waals surface area contributed by atoms with Crippen molar-refractivity contribution < 1.29 is 63.3 Å². The van der Waals surface area contributed by atoms with Crippen LogP contribution < -0.4 is 0 Å². The van der Waals surface area contributed by atoms with Crippen molar-refractivity contribution in [3.05, 3.63) is 23.8 Å². The minimum atomic E-state index is -2.12. The third-order valence-corrected chi connectivity index (χ3v) is 11.6. The van der Waals surface area contributed by atoms with E-state index in [0.717, 1.165) is 0 Å². The molecule has 0 aromatic carbocycles. The van der Waals surface area contributed by atoms with E-state index in [-0.39, 0.29) is 18.6 Å². The van der Waals surface area contributed by atoms with Crippen molar-refractivity contribution in [1.29, 1.82) is 0 Å². The van der Waals surface area contributed by atoms with E-state index in [0.29, 0.717) is 31.3 Å². The molecule has 3 saturated carbocycles. The van der Waals surface area contributed by atoms with Gasteiger partial charge in [-0.3, -0.25) is 9.59 Å². The summed E-state index contributed by atoms with van der Waals surface area (Å²) in [6.07, 6.45) is -5.96. The number of ether oxygens (including phenoxy) is 4. The lowest BCUT2D eigenvalue weighted by Crippen LogP contribution is -2.70. The summed E-state index contributed by atoms with van der Waals surface area (Å²) in [5.74, 6) is -3.58. The molecule has 0 aromatic heterocycles. The molecule has 2 aliphatic heterocycles. The van der Waals surface area contributed by atoms with Gasteiger partial charge in [-0.15, -0.1) is 0 Å². The molecule has 14 atom stereocenters. The van der Waals surface area contributed by atoms with Crippen LogP contribution in [-0.2, 0) is 33.3 Å². The number of allylic oxidation sites excluding steroid dienone is 4. The SMILES string of the molecule is CCCC1O[C@@H]2C[C@H]3[C@@H]4CCC5=CC(=O)C=C[C@]5(C)[C@@]4(F)[C@H](O)C[C@]3(C)[C@]2(C(=O)CO[C@@H]2O[C@H](C(=O)O)[C@@H](O)[C@H](O)[C@H]2O)O1. The maximum atomic E-state index is 17.6. The number of carboxylic acid groups (broad SMARTS) is 1. The molecule has 0 amide bonds. The highest BCUT2D eigenvalue weighted by Crippen LogP contribution is 2.71. The molecular formula is C31H41FO12. The largest absolute Gasteiger partial charge is 0.479 e. The number of halogens is 1. The highest BCUT2D eigenvalue weighted by Gasteiger charge is 2.79. The zero-order valence-corrected chi connectivity index (χ0v) is 24.9. The van der Waals surface area contributed by atoms with Crippen LogP contribution in [0.2, 0.25) is 0 Å². The van der Waals surface area contributed by atoms with Crippen LogP contribution in [-0.4, -0.2) is 110 Å². The summed E-state index contributed by atoms with van der Waals surface area (Å²) in [5, 5.41) is 51.7. The molecule has 0 radical (unpaired) electrons. The summed E-state index contributed by atoms with van der Waals surface area (Å²) in [5.41, 5.74) is -5.48. The average Bonchev–Trinajstić information content (AvgIpc) is 3.44. The van der Waals surface area contributed by atoms with Gasteiger partial charge in [0.2, 0.25) is 0 Å². The number of aliphatic carboxylic acids is 1. The second-order valence-electron chi connectivity index (χ2n) is 13.7. The Morgan fingerprint density at radius 3 is 2.50 bits per heavy atom. The lowest BCUT2D eigenvalue weighted by molar-refractivity contribution is -0.293. The number of aliphatic hydroxyl groups excluding tert-OH is 4. The predicted octanol–water partition coefficient (Wildman–Crippen LogP) is 0.725. The topological polar surface area (TPSA) is 189 Å². The molecule has 5 N–H and O–H groups in total. The van der Waals surface area contributed by atoms with Crippen molar-refractivity contribution in [2.75, 3.05) is 6.61 Å². The van der Waals surface area contributed by atoms with Crippen molar-refractivity contribution in [3.8, 4) is 0 Å². The van der Waals surface area contributed by atoms with Gasteiger partial charge in [0.15, 0.2) is 41.5 Å². The van der Waals surface area contributed by atoms with Crippen molar-refractivity contribution in [3.63, 3.8) is 0 Å². The van der Waals surface area contributed by atoms with E-state index < -0.39 is 101 Å². The number of Topliss-reactive ketones (excluding diaryl/α,β-unsaturated/α-hetero) is 1. The number of rotatable bonds is 7. The second kappa shape index (κ2) is 10.7. The molecule has 1 unspecified atom stereocenters. The van der Waals surface area contributed by atoms with Crippen molar-refractivity contribution in [2.24, 2.45) is 22.7 Å². The Bertz CT molecular complexity index is 1290. The fraction of sp³-hybridized carbons (Fsp3) is 0.774. The number of hydrogen-bond acceptors (Lipinski definition) is 11. The van der Waals surface area contributed by atoms with Gasteiger partial charge in [-0.05, 0) is 57.1 Å². The Balaban J connectivity index is 1.32. The summed E-state index contributed by atoms with van der Waals surface area (Å²) >= 11 is 0. The molecule has 44 heavy (non-hydrogen) atoms. The average molecular weight is 625 g/mol. The van der Waals surface area contributed by atoms with Gasteiger partial charge in [0.1, 0.15) is 24.9 Å². The molecule has 2 heterocycles. The first-order valence-electron chi connectivity index (χ1n) is 15.4. The maximum absolute atomic E-state index is 17.6. The van der Waals surface area contributed by atoms with E-state index in [9.17, 15) is 39.9 Å². The van der Waals surface area contributed by atoms with E-state index in [4.69, 9.17) is 18.9 Å². The predicted molar refractivity (Wildman–Crippen MR) is 146 cm³/mol. The number of fused-ring (bicyclic) bond motifs is 7. The summed E-state index contributed by atoms with van der Waals surface area (Å²) in [6, 6.07) is 0. The van der Waals surface area contributed by atoms with Gasteiger partial charge in [-0.25, -0.2) is 9.18 Å². The Labute approximate surface area is 253 Å². The Hall–Kier alpha value is -2.10. The molecule has 12 nitrogen and oxygen atoms in total. The van der Waals surface area contributed by atoms with Crippen LogP contribution in [0.4, 0.5) is 4.39 Å². The smallest absolute Gasteiger partial charge is 0.335 e. The quantitative estimate of drug-likeness (QED) is 0.267. The molecule has 5 fully saturated rings. The van der Waals surface area contributed by atoms with Gasteiger partial charge in [0, 0.05) is 16.7 Å². The number of carboxylic acids is 1. The third kappa shape index (κ3) is 4.13. The zero-order valence-electron chi connectivity index (χ0n) is 24.9. The van der Waals surface area contributed by atoms with Crippen LogP contribution in [0.5, 0.6) is 0 Å². The van der Waals surface area contributed by atoms with Gasteiger partial charge < -0.3 is 44.5 Å². The molecule has 6 aliphatic rings. The van der Waals surface area contributed by atoms with Crippen molar-refractivity contribution in [1.82, 2.24) is 0 Å². The number of hydrogen-bond donors (Lipinski definition) is 5. The standard InChI is InChI=1S/C31H41FO12/c1-4-5-21-42-20-11-17-16-7-6-14-10-15(33)8-9-28(14,2)30(16,32)18(34)12-29(17,3)31(20,44-21)19(35)13-41-27-24(38)22(36)23(37)25(43-27)26(39)40/h8-10,16-18,20-25,27,34,36-38H,4-7,11-13H2,1-3H3,(H,39,40)/t16-,17-,18+,20+,21?,22-,23-,24+,25-,27+,28-,29-,30-,31+/m0/s1. The molecule has 0 spiro atoms. The first-order valence-corrected chi connectivity index (χ1v) is 15.4. The van der Waals surface area contributed by atoms with Crippen LogP contribution in [0, 0.1) is 22.7 Å². The highest BCUT2D eigenvalue weighted by molar-refractivity contribution is 6.01. The molecule has 0 bridgehead atoms. The first kappa shape index (κ1) is 31.9. The summed E-state index contributed by atoms with van der Waals surface area (Å²) in [7, 11) is 0. The van der Waals surface area contributed by atoms with E-state index in [1.54, 1.807) is 19.9 Å². The number of aliphatic hydroxyl groups is 4. The van der Waals surface area contributed by atoms with Crippen LogP contribution in [0.1, 0.15) is 59.3 Å². The summed E-state index contributed by atoms with van der Waals surface area (Å²) < 4.78 is 41.1. The molecule has 2 saturated heterocycles. The lowest BCUT2D eigenvalue weighted by atomic mass is 9.44. The van der Waals surface area contributed by atoms with E-state index in [1.165, 1.54) is 12.2 Å². The van der Waals surface area contributed by atoms with Crippen LogP contribution in [0.3, 0.4) is 0 Å². The number of carbonyl (C=O) groups excluding carboxylic acids is 2. The first-order chi connectivity index (χ1) is 20.7. The molecule has 4 aliphatic carbocycles. The van der Waals surface area contributed by atoms with E-state index in [1.807, 2.05) is 6.92 Å². The van der Waals surface area contributed by atoms with Crippen LogP contribution >= 0.6 is 0 Å². The Morgan fingerprint density at radius 1 is 1.09 bits per heavy atom. The number of ketones is 2. The van der Waals surface area contributed by atoms with Gasteiger partial charge in [-0.2, -0.15) is 0 Å². The van der Waals surface area contributed by atoms with Gasteiger partial charge in [-0.1, -0.05) is 31.9 Å². The molecule has 0 aromatic rings. The summed E-state index contributed by atoms with van der Waals surface area (Å²) in [4.78, 5) is 38.0. The normalized spacial score (nSPS) is 51.2. The van der Waals surface area contributed by atoms with E-state index >= 15 is 4.39 Å². The fourth-order valence-electron chi connectivity index (χ4n) is 9.35. The minimum Gasteiger partial charge on any atom is -0.479 e. The lowest BCUT2D eigenvalue weighted by Gasteiger charge is -2.62. The van der Waals surface area contributed by atoms with Crippen molar-refractivity contribution in [2.45, 2.75) is 120 Å².